The minimum atomic E-state index is 0.192. The Bertz CT molecular complexity index is 495. The summed E-state index contributed by atoms with van der Waals surface area (Å²) in [6.45, 7) is 4.94. The lowest BCUT2D eigenvalue weighted by atomic mass is 10.1. The van der Waals surface area contributed by atoms with Crippen LogP contribution in [0, 0.1) is 6.92 Å². The fraction of sp³-hybridized carbons (Fsp3) is 0.385. The molecule has 2 aromatic rings. The second kappa shape index (κ2) is 6.27. The first-order valence-corrected chi connectivity index (χ1v) is 7.14. The maximum absolute atomic E-state index is 5.96. The topological polar surface area (TPSA) is 37.8 Å². The van der Waals surface area contributed by atoms with Crippen molar-refractivity contribution in [3.63, 3.8) is 0 Å². The van der Waals surface area contributed by atoms with Crippen LogP contribution in [0.25, 0.3) is 0 Å². The number of thiophene rings is 1. The van der Waals surface area contributed by atoms with E-state index in [2.05, 4.69) is 28.3 Å². The largest absolute Gasteiger partial charge is 0.309 e. The van der Waals surface area contributed by atoms with Gasteiger partial charge in [-0.15, -0.1) is 11.3 Å². The van der Waals surface area contributed by atoms with Gasteiger partial charge in [-0.05, 0) is 25.6 Å². The van der Waals surface area contributed by atoms with Gasteiger partial charge in [0.15, 0.2) is 0 Å². The van der Waals surface area contributed by atoms with Crippen molar-refractivity contribution in [3.05, 3.63) is 45.1 Å². The molecule has 0 aliphatic carbocycles. The number of hydrogen-bond acceptors (Lipinski definition) is 4. The van der Waals surface area contributed by atoms with Gasteiger partial charge in [-0.3, -0.25) is 9.97 Å². The molecule has 0 aromatic carbocycles. The van der Waals surface area contributed by atoms with Crippen LogP contribution in [0.2, 0.25) is 4.34 Å². The quantitative estimate of drug-likeness (QED) is 0.913. The first-order chi connectivity index (χ1) is 8.69. The zero-order chi connectivity index (χ0) is 13.0. The van der Waals surface area contributed by atoms with Crippen LogP contribution in [0.5, 0.6) is 0 Å². The summed E-state index contributed by atoms with van der Waals surface area (Å²) in [5.41, 5.74) is 1.92. The van der Waals surface area contributed by atoms with E-state index in [1.807, 2.05) is 19.2 Å². The van der Waals surface area contributed by atoms with Crippen molar-refractivity contribution in [3.8, 4) is 0 Å². The highest BCUT2D eigenvalue weighted by Gasteiger charge is 2.14. The second-order valence-corrected chi connectivity index (χ2v) is 5.90. The number of hydrogen-bond donors (Lipinski definition) is 1. The Morgan fingerprint density at radius 3 is 2.72 bits per heavy atom. The Labute approximate surface area is 116 Å². The van der Waals surface area contributed by atoms with Crippen molar-refractivity contribution < 1.29 is 0 Å². The summed E-state index contributed by atoms with van der Waals surface area (Å²) in [5.74, 6) is 0. The van der Waals surface area contributed by atoms with Gasteiger partial charge in [0.25, 0.3) is 0 Å². The van der Waals surface area contributed by atoms with Gasteiger partial charge < -0.3 is 5.32 Å². The molecule has 1 atom stereocenters. The van der Waals surface area contributed by atoms with Crippen molar-refractivity contribution in [1.29, 1.82) is 0 Å². The highest BCUT2D eigenvalue weighted by Crippen LogP contribution is 2.25. The van der Waals surface area contributed by atoms with Gasteiger partial charge in [0.1, 0.15) is 0 Å². The fourth-order valence-electron chi connectivity index (χ4n) is 1.77. The molecule has 3 nitrogen and oxygen atoms in total. The molecule has 5 heteroatoms. The standard InChI is InChI=1S/C13H16ClN3S/c1-3-15-11(6-10-4-5-13(14)18-10)12-8-16-9(2)7-17-12/h4-5,7-8,11,15H,3,6H2,1-2H3. The predicted molar refractivity (Wildman–Crippen MR) is 76.2 cm³/mol. The van der Waals surface area contributed by atoms with Gasteiger partial charge in [-0.2, -0.15) is 0 Å². The van der Waals surface area contributed by atoms with E-state index >= 15 is 0 Å². The zero-order valence-corrected chi connectivity index (χ0v) is 12.1. The minimum Gasteiger partial charge on any atom is -0.309 e. The van der Waals surface area contributed by atoms with Gasteiger partial charge in [-0.1, -0.05) is 18.5 Å². The van der Waals surface area contributed by atoms with Crippen LogP contribution in [0.4, 0.5) is 0 Å². The van der Waals surface area contributed by atoms with E-state index in [4.69, 9.17) is 11.6 Å². The highest BCUT2D eigenvalue weighted by atomic mass is 35.5. The van der Waals surface area contributed by atoms with E-state index in [0.29, 0.717) is 0 Å². The smallest absolute Gasteiger partial charge is 0.0931 e. The molecule has 0 aliphatic rings. The van der Waals surface area contributed by atoms with Gasteiger partial charge in [-0.25, -0.2) is 0 Å². The number of nitrogens with zero attached hydrogens (tertiary/aromatic N) is 2. The van der Waals surface area contributed by atoms with Crippen LogP contribution in [-0.4, -0.2) is 16.5 Å². The molecule has 2 heterocycles. The lowest BCUT2D eigenvalue weighted by Crippen LogP contribution is -2.23. The van der Waals surface area contributed by atoms with Crippen LogP contribution < -0.4 is 5.32 Å². The van der Waals surface area contributed by atoms with E-state index in [0.717, 1.165) is 28.7 Å². The molecule has 0 amide bonds. The average Bonchev–Trinajstić information content (AvgIpc) is 2.75. The molecule has 2 rings (SSSR count). The summed E-state index contributed by atoms with van der Waals surface area (Å²) < 4.78 is 0.829. The van der Waals surface area contributed by atoms with E-state index < -0.39 is 0 Å². The number of aromatic nitrogens is 2. The Hall–Kier alpha value is -0.970. The molecule has 2 aromatic heterocycles. The molecule has 96 valence electrons. The molecule has 0 aliphatic heterocycles. The molecule has 0 saturated carbocycles. The van der Waals surface area contributed by atoms with Crippen LogP contribution in [0.15, 0.2) is 24.5 Å². The number of aryl methyl sites for hydroxylation is 1. The molecule has 0 saturated heterocycles. The van der Waals surface area contributed by atoms with Gasteiger partial charge >= 0.3 is 0 Å². The molecule has 0 fully saturated rings. The van der Waals surface area contributed by atoms with Crippen LogP contribution >= 0.6 is 22.9 Å². The molecular weight excluding hydrogens is 266 g/mol. The van der Waals surface area contributed by atoms with Crippen LogP contribution in [-0.2, 0) is 6.42 Å². The van der Waals surface area contributed by atoms with E-state index in [9.17, 15) is 0 Å². The Balaban J connectivity index is 2.14. The molecule has 18 heavy (non-hydrogen) atoms. The zero-order valence-electron chi connectivity index (χ0n) is 10.5. The van der Waals surface area contributed by atoms with Crippen molar-refractivity contribution in [2.75, 3.05) is 6.54 Å². The average molecular weight is 282 g/mol. The predicted octanol–water partition coefficient (Wildman–Crippen LogP) is 3.39. The molecular formula is C13H16ClN3S. The maximum atomic E-state index is 5.96. The second-order valence-electron chi connectivity index (χ2n) is 4.10. The first-order valence-electron chi connectivity index (χ1n) is 5.95. The van der Waals surface area contributed by atoms with Crippen molar-refractivity contribution >= 4 is 22.9 Å². The summed E-state index contributed by atoms with van der Waals surface area (Å²) >= 11 is 7.57. The first kappa shape index (κ1) is 13.5. The van der Waals surface area contributed by atoms with Gasteiger partial charge in [0, 0.05) is 17.5 Å². The summed E-state index contributed by atoms with van der Waals surface area (Å²) in [5, 5.41) is 3.44. The maximum Gasteiger partial charge on any atom is 0.0931 e. The molecule has 0 bridgehead atoms. The lowest BCUT2D eigenvalue weighted by molar-refractivity contribution is 0.537. The number of likely N-dealkylation sites (N-methyl/N-ethyl adjacent to an activating group) is 1. The van der Waals surface area contributed by atoms with Crippen LogP contribution in [0.3, 0.4) is 0 Å². The number of nitrogens with one attached hydrogen (secondary N) is 1. The SMILES string of the molecule is CCNC(Cc1ccc(Cl)s1)c1cnc(C)cn1. The Morgan fingerprint density at radius 1 is 1.33 bits per heavy atom. The monoisotopic (exact) mass is 281 g/mol. The third-order valence-corrected chi connectivity index (χ3v) is 3.90. The van der Waals surface area contributed by atoms with Crippen LogP contribution in [0.1, 0.15) is 29.2 Å². The molecule has 1 unspecified atom stereocenters. The van der Waals surface area contributed by atoms with Crippen molar-refractivity contribution in [1.82, 2.24) is 15.3 Å². The highest BCUT2D eigenvalue weighted by molar-refractivity contribution is 7.16. The summed E-state index contributed by atoms with van der Waals surface area (Å²) in [4.78, 5) is 10.0. The third-order valence-electron chi connectivity index (χ3n) is 2.64. The fourth-order valence-corrected chi connectivity index (χ4v) is 2.91. The summed E-state index contributed by atoms with van der Waals surface area (Å²) in [6, 6.07) is 4.20. The number of halogens is 1. The lowest BCUT2D eigenvalue weighted by Gasteiger charge is -2.16. The summed E-state index contributed by atoms with van der Waals surface area (Å²) in [6.07, 6.45) is 4.54. The van der Waals surface area contributed by atoms with E-state index in [1.165, 1.54) is 4.88 Å². The Kier molecular flexibility index (Phi) is 4.69. The minimum absolute atomic E-state index is 0.192. The normalized spacial score (nSPS) is 12.6. The molecule has 1 N–H and O–H groups in total. The molecule has 0 radical (unpaired) electrons. The molecule has 0 spiro atoms. The van der Waals surface area contributed by atoms with E-state index in [-0.39, 0.29) is 6.04 Å². The number of rotatable bonds is 5. The summed E-state index contributed by atoms with van der Waals surface area (Å²) in [7, 11) is 0. The van der Waals surface area contributed by atoms with E-state index in [1.54, 1.807) is 17.5 Å². The van der Waals surface area contributed by atoms with Gasteiger partial charge in [0.05, 0.1) is 28.0 Å². The Morgan fingerprint density at radius 2 is 2.17 bits per heavy atom. The van der Waals surface area contributed by atoms with Crippen molar-refractivity contribution in [2.45, 2.75) is 26.3 Å². The van der Waals surface area contributed by atoms with Crippen molar-refractivity contribution in [2.24, 2.45) is 0 Å². The van der Waals surface area contributed by atoms with Gasteiger partial charge in [0.2, 0.25) is 0 Å². The third kappa shape index (κ3) is 3.51.